The monoisotopic (exact) mass is 1110 g/mol. The van der Waals surface area contributed by atoms with Crippen molar-refractivity contribution in [2.24, 2.45) is 5.41 Å². The van der Waals surface area contributed by atoms with E-state index >= 15 is 0 Å². The fourth-order valence-corrected chi connectivity index (χ4v) is 10.1. The lowest BCUT2D eigenvalue weighted by Gasteiger charge is -2.37. The number of carbonyl (C=O) groups excluding carboxylic acids is 6. The Morgan fingerprint density at radius 2 is 1.38 bits per heavy atom. The molecular formula is C61H70N8O12. The van der Waals surface area contributed by atoms with Gasteiger partial charge in [-0.15, -0.1) is 5.10 Å². The molecular weight excluding hydrogens is 1040 g/mol. The van der Waals surface area contributed by atoms with Gasteiger partial charge in [-0.3, -0.25) is 19.3 Å². The first-order chi connectivity index (χ1) is 38.5. The minimum Gasteiger partial charge on any atom is -0.487 e. The highest BCUT2D eigenvalue weighted by Gasteiger charge is 2.47. The van der Waals surface area contributed by atoms with Crippen LogP contribution in [0.1, 0.15) is 94.8 Å². The Kier molecular flexibility index (Phi) is 17.8. The molecule has 2 heterocycles. The predicted octanol–water partition coefficient (Wildman–Crippen LogP) is 7.37. The maximum absolute atomic E-state index is 14.9. The first-order valence-electron chi connectivity index (χ1n) is 26.9. The second kappa shape index (κ2) is 24.7. The summed E-state index contributed by atoms with van der Waals surface area (Å²) in [7, 11) is 2.66. The number of nitrogens with one attached hydrogen (secondary N) is 3. The van der Waals surface area contributed by atoms with Crippen LogP contribution in [0.15, 0.2) is 121 Å². The number of carbonyl (C=O) groups is 7. The molecule has 1 fully saturated rings. The number of likely N-dealkylation sites (N-methyl/N-ethyl adjacent to an activating group) is 1. The van der Waals surface area contributed by atoms with Crippen molar-refractivity contribution < 1.29 is 57.6 Å². The van der Waals surface area contributed by atoms with Crippen LogP contribution >= 0.6 is 0 Å². The van der Waals surface area contributed by atoms with Crippen LogP contribution in [0.25, 0.3) is 21.9 Å². The minimum atomic E-state index is -1.36. The van der Waals surface area contributed by atoms with Gasteiger partial charge < -0.3 is 44.9 Å². The minimum absolute atomic E-state index is 0.0102. The molecule has 8 rings (SSSR count). The van der Waals surface area contributed by atoms with Gasteiger partial charge in [0.25, 0.3) is 0 Å². The number of hydrogen-bond acceptors (Lipinski definition) is 13. The van der Waals surface area contributed by atoms with Gasteiger partial charge >= 0.3 is 24.1 Å². The van der Waals surface area contributed by atoms with Crippen molar-refractivity contribution in [2.45, 2.75) is 122 Å². The van der Waals surface area contributed by atoms with Gasteiger partial charge in [0.2, 0.25) is 17.7 Å². The van der Waals surface area contributed by atoms with Crippen LogP contribution in [0.3, 0.4) is 0 Å². The number of alkyl carbamates (subject to hydrolysis) is 1. The van der Waals surface area contributed by atoms with E-state index in [2.05, 4.69) is 26.3 Å². The quantitative estimate of drug-likeness (QED) is 0.0457. The van der Waals surface area contributed by atoms with Crippen LogP contribution < -0.4 is 20.7 Å². The highest BCUT2D eigenvalue weighted by Crippen LogP contribution is 2.44. The second-order valence-corrected chi connectivity index (χ2v) is 22.6. The lowest BCUT2D eigenvalue weighted by atomic mass is 9.85. The first-order valence-corrected chi connectivity index (χ1v) is 26.9. The molecule has 1 aromatic heterocycles. The number of carboxylic acid groups (broad SMARTS) is 1. The number of aliphatic carboxylic acids is 1. The van der Waals surface area contributed by atoms with Gasteiger partial charge in [0.15, 0.2) is 0 Å². The van der Waals surface area contributed by atoms with Gasteiger partial charge in [0.05, 0.1) is 19.3 Å². The standard InChI is InChI=1S/C61H70N8O12/c1-36(67(8)59(77)81-61(5,6)7)53(70)64-52(60(2,3)4)55(72)68-33-42(31-51(68)54(71)62-49(56(73)74)30-38-22-25-39-16-10-11-17-40(39)28-38)69-32-41(65-66-69)34-79-43-26-23-37(24-27-43)29-50(57(75)78-9)63-58(76)80-35-48-46-20-14-12-18-44(46)45-19-13-15-21-47(45)48/h10-28,32,36,42,48-52H,29-31,33-35H2,1-9H3,(H,62,71)(H,63,76)(H,64,70)(H,73,74)/t36-,42-,49-,50-,51-,52+/m0/s1. The van der Waals surface area contributed by atoms with E-state index in [1.807, 2.05) is 91.0 Å². The Morgan fingerprint density at radius 3 is 2.01 bits per heavy atom. The van der Waals surface area contributed by atoms with E-state index in [1.165, 1.54) is 30.7 Å². The third-order valence-electron chi connectivity index (χ3n) is 14.6. The lowest BCUT2D eigenvalue weighted by molar-refractivity contribution is -0.146. The van der Waals surface area contributed by atoms with E-state index in [4.69, 9.17) is 18.9 Å². The number of esters is 1. The number of likely N-dealkylation sites (tertiary alicyclic amines) is 1. The SMILES string of the molecule is COC(=O)[C@H](Cc1ccc(OCc2cn([C@H]3C[C@@H](C(=O)N[C@@H](Cc4ccc5ccccc5c4)C(=O)O)N(C(=O)[C@@H](NC(=O)[C@H](C)N(C)C(=O)OC(C)(C)C)C(C)(C)C)C3)nn2)cc1)NC(=O)OCC1c2ccccc2-c2ccccc21. The molecule has 4 N–H and O–H groups in total. The van der Waals surface area contributed by atoms with Crippen LogP contribution in [0, 0.1) is 5.41 Å². The highest BCUT2D eigenvalue weighted by atomic mass is 16.6. The molecule has 6 atom stereocenters. The molecule has 5 aromatic carbocycles. The zero-order chi connectivity index (χ0) is 58.3. The lowest BCUT2D eigenvalue weighted by Crippen LogP contribution is -2.60. The molecule has 426 valence electrons. The maximum atomic E-state index is 14.9. The van der Waals surface area contributed by atoms with Crippen LogP contribution in [-0.4, -0.2) is 135 Å². The van der Waals surface area contributed by atoms with E-state index in [0.717, 1.165) is 37.9 Å². The summed E-state index contributed by atoms with van der Waals surface area (Å²) in [4.78, 5) is 97.6. The molecule has 1 aliphatic heterocycles. The summed E-state index contributed by atoms with van der Waals surface area (Å²) in [6, 6.07) is 29.6. The summed E-state index contributed by atoms with van der Waals surface area (Å²) < 4.78 is 23.8. The number of fused-ring (bicyclic) bond motifs is 4. The molecule has 81 heavy (non-hydrogen) atoms. The van der Waals surface area contributed by atoms with Crippen LogP contribution in [0.2, 0.25) is 0 Å². The molecule has 0 radical (unpaired) electrons. The first kappa shape index (κ1) is 58.3. The number of ether oxygens (including phenoxy) is 4. The van der Waals surface area contributed by atoms with Crippen molar-refractivity contribution in [1.29, 1.82) is 0 Å². The summed E-state index contributed by atoms with van der Waals surface area (Å²) >= 11 is 0. The molecule has 0 unspecified atom stereocenters. The van der Waals surface area contributed by atoms with Crippen LogP contribution in [0.4, 0.5) is 9.59 Å². The van der Waals surface area contributed by atoms with Crippen molar-refractivity contribution >= 4 is 52.6 Å². The summed E-state index contributed by atoms with van der Waals surface area (Å²) in [5, 5.41) is 29.2. The average molecular weight is 1110 g/mol. The largest absolute Gasteiger partial charge is 0.487 e. The van der Waals surface area contributed by atoms with Crippen molar-refractivity contribution in [1.82, 2.24) is 40.7 Å². The number of benzene rings is 5. The van der Waals surface area contributed by atoms with Crippen LogP contribution in [-0.2, 0) is 57.6 Å². The molecule has 20 heteroatoms. The number of amides is 5. The van der Waals surface area contributed by atoms with Gasteiger partial charge in [0, 0.05) is 38.8 Å². The Morgan fingerprint density at radius 1 is 0.765 bits per heavy atom. The zero-order valence-electron chi connectivity index (χ0n) is 47.0. The number of hydrogen-bond donors (Lipinski definition) is 4. The van der Waals surface area contributed by atoms with Gasteiger partial charge in [0.1, 0.15) is 60.5 Å². The molecule has 5 amide bonds. The molecule has 0 saturated carbocycles. The Labute approximate surface area is 470 Å². The number of aromatic nitrogens is 3. The van der Waals surface area contributed by atoms with E-state index in [0.29, 0.717) is 22.6 Å². The van der Waals surface area contributed by atoms with E-state index in [1.54, 1.807) is 72.0 Å². The smallest absolute Gasteiger partial charge is 0.410 e. The summed E-state index contributed by atoms with van der Waals surface area (Å²) in [6.07, 6.45) is 0.208. The number of nitrogens with zero attached hydrogens (tertiary/aromatic N) is 5. The van der Waals surface area contributed by atoms with Crippen LogP contribution in [0.5, 0.6) is 5.75 Å². The Hall–Kier alpha value is -8.81. The number of rotatable bonds is 19. The maximum Gasteiger partial charge on any atom is 0.410 e. The van der Waals surface area contributed by atoms with Crippen molar-refractivity contribution in [3.63, 3.8) is 0 Å². The summed E-state index contributed by atoms with van der Waals surface area (Å²) in [6.45, 7) is 11.9. The molecule has 2 aliphatic rings. The molecule has 0 spiro atoms. The second-order valence-electron chi connectivity index (χ2n) is 22.6. The number of carboxylic acids is 1. The average Bonchev–Trinajstić information content (AvgIpc) is 4.40. The van der Waals surface area contributed by atoms with Crippen molar-refractivity contribution in [3.8, 4) is 16.9 Å². The molecule has 6 aromatic rings. The van der Waals surface area contributed by atoms with Gasteiger partial charge in [-0.25, -0.2) is 23.9 Å². The van der Waals surface area contributed by atoms with E-state index in [-0.39, 0.29) is 44.9 Å². The fourth-order valence-electron chi connectivity index (χ4n) is 10.1. The predicted molar refractivity (Wildman–Crippen MR) is 300 cm³/mol. The molecule has 20 nitrogen and oxygen atoms in total. The molecule has 1 saturated heterocycles. The van der Waals surface area contributed by atoms with Gasteiger partial charge in [-0.1, -0.05) is 129 Å². The van der Waals surface area contributed by atoms with Crippen molar-refractivity contribution in [2.75, 3.05) is 27.3 Å². The Balaban J connectivity index is 0.932. The molecule has 1 aliphatic carbocycles. The third kappa shape index (κ3) is 14.2. The number of methoxy groups -OCH3 is 1. The van der Waals surface area contributed by atoms with Crippen molar-refractivity contribution in [3.05, 3.63) is 149 Å². The van der Waals surface area contributed by atoms with Gasteiger partial charge in [-0.05, 0) is 89.4 Å². The summed E-state index contributed by atoms with van der Waals surface area (Å²) in [5.74, 6) is -3.58. The Bertz CT molecular complexity index is 3250. The normalized spacial score (nSPS) is 16.4. The summed E-state index contributed by atoms with van der Waals surface area (Å²) in [5.41, 5.74) is 4.34. The highest BCUT2D eigenvalue weighted by molar-refractivity contribution is 5.96. The van der Waals surface area contributed by atoms with E-state index < -0.39 is 89.1 Å². The third-order valence-corrected chi connectivity index (χ3v) is 14.6. The topological polar surface area (TPSA) is 250 Å². The molecule has 0 bridgehead atoms. The van der Waals surface area contributed by atoms with E-state index in [9.17, 15) is 38.7 Å². The fraction of sp³-hybridized carbons (Fsp3) is 0.393. The van der Waals surface area contributed by atoms with Gasteiger partial charge in [-0.2, -0.15) is 0 Å². The zero-order valence-corrected chi connectivity index (χ0v) is 47.0.